The van der Waals surface area contributed by atoms with Crippen molar-refractivity contribution in [3.05, 3.63) is 12.2 Å². The maximum absolute atomic E-state index is 11.6. The Morgan fingerprint density at radius 1 is 1.25 bits per heavy atom. The standard InChI is InChI=1S/C11H14N2O3/c1-5-3-4-7(12-6(2)14)9-8(5)10(15)13-11(9)16/h3-5,7-9H,1-2H3,(H,12,14)(H,13,15,16)/t5?,7?,8-,9+/m0/s1. The summed E-state index contributed by atoms with van der Waals surface area (Å²) >= 11 is 0. The molecule has 5 heteroatoms. The number of nitrogens with one attached hydrogen (secondary N) is 2. The number of fused-ring (bicyclic) bond motifs is 1. The minimum Gasteiger partial charge on any atom is -0.349 e. The summed E-state index contributed by atoms with van der Waals surface area (Å²) < 4.78 is 0. The fourth-order valence-electron chi connectivity index (χ4n) is 2.47. The van der Waals surface area contributed by atoms with Gasteiger partial charge in [0.15, 0.2) is 0 Å². The molecule has 1 heterocycles. The van der Waals surface area contributed by atoms with Crippen LogP contribution in [-0.2, 0) is 14.4 Å². The molecule has 4 atom stereocenters. The molecule has 2 rings (SSSR count). The Bertz CT molecular complexity index is 389. The normalized spacial score (nSPS) is 36.9. The average Bonchev–Trinajstić information content (AvgIpc) is 2.47. The van der Waals surface area contributed by atoms with E-state index in [1.54, 1.807) is 6.08 Å². The summed E-state index contributed by atoms with van der Waals surface area (Å²) in [6.45, 7) is 3.30. The van der Waals surface area contributed by atoms with Crippen molar-refractivity contribution in [2.75, 3.05) is 0 Å². The van der Waals surface area contributed by atoms with Gasteiger partial charge in [0, 0.05) is 6.92 Å². The topological polar surface area (TPSA) is 75.3 Å². The van der Waals surface area contributed by atoms with Crippen LogP contribution in [0.5, 0.6) is 0 Å². The number of hydrogen-bond donors (Lipinski definition) is 2. The van der Waals surface area contributed by atoms with Crippen molar-refractivity contribution >= 4 is 17.7 Å². The number of hydrogen-bond acceptors (Lipinski definition) is 3. The van der Waals surface area contributed by atoms with Crippen LogP contribution in [0.25, 0.3) is 0 Å². The third kappa shape index (κ3) is 1.62. The van der Waals surface area contributed by atoms with Crippen molar-refractivity contribution in [2.24, 2.45) is 17.8 Å². The lowest BCUT2D eigenvalue weighted by molar-refractivity contribution is -0.126. The van der Waals surface area contributed by atoms with E-state index in [1.165, 1.54) is 6.92 Å². The second-order valence-electron chi connectivity index (χ2n) is 4.38. The lowest BCUT2D eigenvalue weighted by Gasteiger charge is -2.30. The molecule has 86 valence electrons. The first kappa shape index (κ1) is 10.9. The van der Waals surface area contributed by atoms with Crippen LogP contribution in [-0.4, -0.2) is 23.8 Å². The fraction of sp³-hybridized carbons (Fsp3) is 0.545. The van der Waals surface area contributed by atoms with E-state index in [0.717, 1.165) is 0 Å². The lowest BCUT2D eigenvalue weighted by atomic mass is 9.75. The first-order valence-electron chi connectivity index (χ1n) is 5.31. The van der Waals surface area contributed by atoms with Crippen molar-refractivity contribution in [3.8, 4) is 0 Å². The van der Waals surface area contributed by atoms with Gasteiger partial charge in [-0.2, -0.15) is 0 Å². The van der Waals surface area contributed by atoms with Gasteiger partial charge in [0.2, 0.25) is 17.7 Å². The van der Waals surface area contributed by atoms with Crippen LogP contribution >= 0.6 is 0 Å². The van der Waals surface area contributed by atoms with Crippen LogP contribution in [0.1, 0.15) is 13.8 Å². The van der Waals surface area contributed by atoms with Crippen molar-refractivity contribution in [3.63, 3.8) is 0 Å². The zero-order chi connectivity index (χ0) is 11.9. The van der Waals surface area contributed by atoms with Gasteiger partial charge in [0.25, 0.3) is 0 Å². The molecule has 1 aliphatic heterocycles. The Kier molecular flexibility index (Phi) is 2.53. The summed E-state index contributed by atoms with van der Waals surface area (Å²) in [4.78, 5) is 34.2. The molecule has 2 N–H and O–H groups in total. The zero-order valence-electron chi connectivity index (χ0n) is 9.19. The first-order chi connectivity index (χ1) is 7.50. The van der Waals surface area contributed by atoms with Crippen LogP contribution in [0.4, 0.5) is 0 Å². The highest BCUT2D eigenvalue weighted by Gasteiger charge is 2.49. The summed E-state index contributed by atoms with van der Waals surface area (Å²) in [6.07, 6.45) is 3.67. The lowest BCUT2D eigenvalue weighted by Crippen LogP contribution is -2.46. The molecule has 0 aromatic heterocycles. The molecule has 0 saturated carbocycles. The number of amides is 3. The quantitative estimate of drug-likeness (QED) is 0.467. The predicted molar refractivity (Wildman–Crippen MR) is 56.0 cm³/mol. The molecule has 1 aliphatic carbocycles. The largest absolute Gasteiger partial charge is 0.349 e. The summed E-state index contributed by atoms with van der Waals surface area (Å²) in [6, 6.07) is -0.370. The summed E-state index contributed by atoms with van der Waals surface area (Å²) in [5.74, 6) is -1.51. The number of carbonyl (C=O) groups excluding carboxylic acids is 3. The van der Waals surface area contributed by atoms with Crippen LogP contribution in [0.3, 0.4) is 0 Å². The highest BCUT2D eigenvalue weighted by atomic mass is 16.2. The predicted octanol–water partition coefficient (Wildman–Crippen LogP) is -0.414. The van der Waals surface area contributed by atoms with Crippen LogP contribution in [0.2, 0.25) is 0 Å². The van der Waals surface area contributed by atoms with E-state index in [-0.39, 0.29) is 35.6 Å². The van der Waals surface area contributed by atoms with Crippen molar-refractivity contribution < 1.29 is 14.4 Å². The molecular weight excluding hydrogens is 208 g/mol. The molecule has 2 aliphatic rings. The third-order valence-electron chi connectivity index (χ3n) is 3.18. The number of allylic oxidation sites excluding steroid dienone is 1. The van der Waals surface area contributed by atoms with Gasteiger partial charge in [0.1, 0.15) is 0 Å². The summed E-state index contributed by atoms with van der Waals surface area (Å²) in [5.41, 5.74) is 0. The van der Waals surface area contributed by atoms with Crippen LogP contribution < -0.4 is 10.6 Å². The minimum absolute atomic E-state index is 0.0291. The smallest absolute Gasteiger partial charge is 0.232 e. The van der Waals surface area contributed by atoms with Gasteiger partial charge < -0.3 is 5.32 Å². The number of carbonyl (C=O) groups is 3. The first-order valence-corrected chi connectivity index (χ1v) is 5.31. The monoisotopic (exact) mass is 222 g/mol. The van der Waals surface area contributed by atoms with E-state index in [9.17, 15) is 14.4 Å². The van der Waals surface area contributed by atoms with Gasteiger partial charge in [-0.05, 0) is 5.92 Å². The van der Waals surface area contributed by atoms with E-state index in [0.29, 0.717) is 0 Å². The molecule has 0 radical (unpaired) electrons. The highest BCUT2D eigenvalue weighted by Crippen LogP contribution is 2.34. The third-order valence-corrected chi connectivity index (χ3v) is 3.18. The molecule has 2 unspecified atom stereocenters. The van der Waals surface area contributed by atoms with E-state index >= 15 is 0 Å². The second kappa shape index (κ2) is 3.73. The van der Waals surface area contributed by atoms with Gasteiger partial charge in [-0.25, -0.2) is 0 Å². The molecule has 0 aromatic rings. The molecule has 5 nitrogen and oxygen atoms in total. The Balaban J connectivity index is 2.29. The van der Waals surface area contributed by atoms with E-state index in [1.807, 2.05) is 13.0 Å². The van der Waals surface area contributed by atoms with Gasteiger partial charge in [-0.15, -0.1) is 0 Å². The maximum atomic E-state index is 11.6. The van der Waals surface area contributed by atoms with Crippen molar-refractivity contribution in [2.45, 2.75) is 19.9 Å². The summed E-state index contributed by atoms with van der Waals surface area (Å²) in [7, 11) is 0. The molecule has 3 amide bonds. The molecule has 0 bridgehead atoms. The van der Waals surface area contributed by atoms with E-state index < -0.39 is 5.92 Å². The Morgan fingerprint density at radius 2 is 1.88 bits per heavy atom. The Labute approximate surface area is 93.3 Å². The van der Waals surface area contributed by atoms with Gasteiger partial charge in [-0.1, -0.05) is 19.1 Å². The van der Waals surface area contributed by atoms with Crippen LogP contribution in [0, 0.1) is 17.8 Å². The Morgan fingerprint density at radius 3 is 2.50 bits per heavy atom. The van der Waals surface area contributed by atoms with Crippen molar-refractivity contribution in [1.29, 1.82) is 0 Å². The molecule has 0 aromatic carbocycles. The van der Waals surface area contributed by atoms with Crippen LogP contribution in [0.15, 0.2) is 12.2 Å². The summed E-state index contributed by atoms with van der Waals surface area (Å²) in [5, 5.41) is 5.01. The maximum Gasteiger partial charge on any atom is 0.232 e. The van der Waals surface area contributed by atoms with E-state index in [2.05, 4.69) is 10.6 Å². The molecular formula is C11H14N2O3. The van der Waals surface area contributed by atoms with Gasteiger partial charge in [0.05, 0.1) is 17.9 Å². The molecule has 1 fully saturated rings. The SMILES string of the molecule is CC(=O)NC1C=CC(C)[C@@H]2C(=O)NC(=O)[C@H]12. The highest BCUT2D eigenvalue weighted by molar-refractivity contribution is 6.06. The zero-order valence-corrected chi connectivity index (χ0v) is 9.19. The van der Waals surface area contributed by atoms with Gasteiger partial charge in [-0.3, -0.25) is 19.7 Å². The second-order valence-corrected chi connectivity index (χ2v) is 4.38. The molecule has 16 heavy (non-hydrogen) atoms. The molecule has 0 spiro atoms. The average molecular weight is 222 g/mol. The van der Waals surface area contributed by atoms with E-state index in [4.69, 9.17) is 0 Å². The van der Waals surface area contributed by atoms with Gasteiger partial charge >= 0.3 is 0 Å². The van der Waals surface area contributed by atoms with Crippen molar-refractivity contribution in [1.82, 2.24) is 10.6 Å². The minimum atomic E-state index is -0.462. The Hall–Kier alpha value is -1.65. The number of imide groups is 1. The fourth-order valence-corrected chi connectivity index (χ4v) is 2.47. The number of rotatable bonds is 1. The molecule has 1 saturated heterocycles.